The minimum absolute atomic E-state index is 0.132. The van der Waals surface area contributed by atoms with Gasteiger partial charge in [-0.2, -0.15) is 9.78 Å². The number of aromatic nitrogens is 1. The number of rotatable bonds is 3. The molecule has 10 heteroatoms. The lowest BCUT2D eigenvalue weighted by molar-refractivity contribution is 0.478. The highest BCUT2D eigenvalue weighted by atomic mass is 32.3. The molecule has 4 N–H and O–H groups in total. The van der Waals surface area contributed by atoms with Gasteiger partial charge >= 0.3 is 0 Å². The Morgan fingerprint density at radius 1 is 1.06 bits per heavy atom. The molecule has 0 saturated carbocycles. The molecule has 1 aliphatic rings. The lowest BCUT2D eigenvalue weighted by atomic mass is 10.1. The molecular weight excluding hydrogens is 436 g/mol. The van der Waals surface area contributed by atoms with E-state index in [1.54, 1.807) is 54.7 Å². The second-order valence-electron chi connectivity index (χ2n) is 6.70. The number of aromatic hydroxyl groups is 1. The van der Waals surface area contributed by atoms with E-state index >= 15 is 0 Å². The van der Waals surface area contributed by atoms with Gasteiger partial charge in [0, 0.05) is 10.3 Å². The van der Waals surface area contributed by atoms with Gasteiger partial charge in [-0.05, 0) is 35.7 Å². The second kappa shape index (κ2) is 7.36. The molecule has 31 heavy (non-hydrogen) atoms. The van der Waals surface area contributed by atoms with Gasteiger partial charge in [0.05, 0.1) is 17.4 Å². The van der Waals surface area contributed by atoms with E-state index in [-0.39, 0.29) is 22.0 Å². The lowest BCUT2D eigenvalue weighted by Crippen LogP contribution is -2.31. The van der Waals surface area contributed by atoms with Crippen molar-refractivity contribution >= 4 is 50.8 Å². The summed E-state index contributed by atoms with van der Waals surface area (Å²) in [6.07, 6.45) is 1.55. The van der Waals surface area contributed by atoms with Crippen molar-refractivity contribution in [1.82, 2.24) is 4.68 Å². The third-order valence-corrected chi connectivity index (χ3v) is 6.95. The molecule has 0 fully saturated rings. The summed E-state index contributed by atoms with van der Waals surface area (Å²) >= 11 is 1.47. The summed E-state index contributed by atoms with van der Waals surface area (Å²) in [7, 11) is -3.56. The number of fused-ring (bicyclic) bond motifs is 2. The standard InChI is InChI=1S/C21H16N4O4S2/c26-19-14-7-1-3-9-16(14)25(22-12-13-6-5-11-30-13)21(27)18(19)20-23-15-8-2-4-10-17(15)31(28,29)24-20/h1-12,26,28-29H,(H,23,24). The van der Waals surface area contributed by atoms with Gasteiger partial charge in [-0.15, -0.1) is 15.7 Å². The van der Waals surface area contributed by atoms with E-state index in [4.69, 9.17) is 0 Å². The van der Waals surface area contributed by atoms with Crippen molar-refractivity contribution in [3.8, 4) is 5.75 Å². The number of hydrogen-bond acceptors (Lipinski definition) is 8. The number of anilines is 1. The van der Waals surface area contributed by atoms with Crippen LogP contribution in [0.3, 0.4) is 0 Å². The number of hydrogen-bond donors (Lipinski definition) is 4. The first kappa shape index (κ1) is 19.5. The van der Waals surface area contributed by atoms with Crippen LogP contribution in [0, 0.1) is 0 Å². The van der Waals surface area contributed by atoms with E-state index in [0.29, 0.717) is 16.6 Å². The highest BCUT2D eigenvalue weighted by molar-refractivity contribution is 8.23. The van der Waals surface area contributed by atoms with Crippen LogP contribution >= 0.6 is 22.1 Å². The lowest BCUT2D eigenvalue weighted by Gasteiger charge is -2.34. The molecule has 0 spiro atoms. The van der Waals surface area contributed by atoms with Gasteiger partial charge in [-0.1, -0.05) is 41.1 Å². The summed E-state index contributed by atoms with van der Waals surface area (Å²) in [6, 6.07) is 17.1. The minimum atomic E-state index is -3.56. The molecule has 0 radical (unpaired) electrons. The maximum absolute atomic E-state index is 13.4. The quantitative estimate of drug-likeness (QED) is 0.340. The van der Waals surface area contributed by atoms with E-state index in [1.807, 2.05) is 17.5 Å². The van der Waals surface area contributed by atoms with E-state index in [2.05, 4.69) is 14.8 Å². The van der Waals surface area contributed by atoms with Gasteiger partial charge in [0.2, 0.25) is 0 Å². The van der Waals surface area contributed by atoms with Gasteiger partial charge in [0.15, 0.2) is 5.84 Å². The molecule has 2 aromatic heterocycles. The topological polar surface area (TPSA) is 119 Å². The summed E-state index contributed by atoms with van der Waals surface area (Å²) in [6.45, 7) is 0. The third-order valence-electron chi connectivity index (χ3n) is 4.76. The van der Waals surface area contributed by atoms with Crippen molar-refractivity contribution in [3.63, 3.8) is 0 Å². The fourth-order valence-electron chi connectivity index (χ4n) is 3.36. The zero-order valence-electron chi connectivity index (χ0n) is 15.8. The molecule has 0 unspecified atom stereocenters. The molecule has 4 aromatic rings. The Balaban J connectivity index is 1.75. The monoisotopic (exact) mass is 452 g/mol. The molecule has 1 aliphatic heterocycles. The van der Waals surface area contributed by atoms with Crippen LogP contribution in [-0.2, 0) is 0 Å². The number of benzene rings is 2. The molecule has 0 atom stereocenters. The Morgan fingerprint density at radius 2 is 1.84 bits per heavy atom. The Morgan fingerprint density at radius 3 is 2.65 bits per heavy atom. The van der Waals surface area contributed by atoms with Crippen LogP contribution < -0.4 is 10.9 Å². The average Bonchev–Trinajstić information content (AvgIpc) is 3.27. The number of para-hydroxylation sites is 2. The number of nitrogens with one attached hydrogen (secondary N) is 1. The van der Waals surface area contributed by atoms with Crippen molar-refractivity contribution in [2.24, 2.45) is 9.50 Å². The van der Waals surface area contributed by atoms with Crippen LogP contribution in [-0.4, -0.2) is 30.9 Å². The van der Waals surface area contributed by atoms with Gasteiger partial charge in [-0.3, -0.25) is 13.9 Å². The highest BCUT2D eigenvalue weighted by Gasteiger charge is 2.30. The molecule has 0 bridgehead atoms. The fourth-order valence-corrected chi connectivity index (χ4v) is 5.11. The summed E-state index contributed by atoms with van der Waals surface area (Å²) in [5, 5.41) is 20.5. The van der Waals surface area contributed by atoms with E-state index in [9.17, 15) is 19.0 Å². The van der Waals surface area contributed by atoms with Gasteiger partial charge in [-0.25, -0.2) is 0 Å². The number of amidine groups is 1. The largest absolute Gasteiger partial charge is 0.506 e. The third kappa shape index (κ3) is 3.31. The Bertz CT molecular complexity index is 1430. The van der Waals surface area contributed by atoms with E-state index < -0.39 is 16.3 Å². The number of pyridine rings is 1. The smallest absolute Gasteiger partial charge is 0.286 e. The Hall–Kier alpha value is -3.44. The molecule has 0 saturated heterocycles. The molecule has 5 rings (SSSR count). The average molecular weight is 453 g/mol. The van der Waals surface area contributed by atoms with Crippen molar-refractivity contribution in [2.75, 3.05) is 5.32 Å². The summed E-state index contributed by atoms with van der Waals surface area (Å²) in [5.74, 6) is -0.448. The molecule has 2 aromatic carbocycles. The summed E-state index contributed by atoms with van der Waals surface area (Å²) < 4.78 is 26.2. The zero-order valence-corrected chi connectivity index (χ0v) is 17.5. The molecular formula is C21H16N4O4S2. The van der Waals surface area contributed by atoms with E-state index in [1.165, 1.54) is 16.0 Å². The molecule has 156 valence electrons. The first-order valence-electron chi connectivity index (χ1n) is 9.15. The number of nitrogens with zero attached hydrogens (tertiary/aromatic N) is 3. The molecule has 0 aliphatic carbocycles. The van der Waals surface area contributed by atoms with Crippen LogP contribution in [0.15, 0.2) is 85.2 Å². The summed E-state index contributed by atoms with van der Waals surface area (Å²) in [4.78, 5) is 14.5. The number of thiophene rings is 1. The van der Waals surface area contributed by atoms with Crippen LogP contribution in [0.2, 0.25) is 0 Å². The Kier molecular flexibility index (Phi) is 4.63. The van der Waals surface area contributed by atoms with Crippen molar-refractivity contribution in [2.45, 2.75) is 4.90 Å². The van der Waals surface area contributed by atoms with Crippen LogP contribution in [0.4, 0.5) is 5.69 Å². The van der Waals surface area contributed by atoms with E-state index in [0.717, 1.165) is 4.88 Å². The van der Waals surface area contributed by atoms with Crippen LogP contribution in [0.1, 0.15) is 10.4 Å². The summed E-state index contributed by atoms with van der Waals surface area (Å²) in [5.41, 5.74) is -0.0422. The van der Waals surface area contributed by atoms with Crippen LogP contribution in [0.25, 0.3) is 10.9 Å². The minimum Gasteiger partial charge on any atom is -0.506 e. The first-order valence-corrected chi connectivity index (χ1v) is 11.5. The fraction of sp³-hybridized carbons (Fsp3) is 0. The van der Waals surface area contributed by atoms with Gasteiger partial charge < -0.3 is 10.4 Å². The second-order valence-corrected chi connectivity index (χ2v) is 9.34. The predicted octanol–water partition coefficient (Wildman–Crippen LogP) is 4.55. The Labute approximate surface area is 181 Å². The van der Waals surface area contributed by atoms with Gasteiger partial charge in [0.1, 0.15) is 16.2 Å². The van der Waals surface area contributed by atoms with Crippen molar-refractivity contribution < 1.29 is 14.2 Å². The SMILES string of the molecule is O=c1c(C2=NS(O)(O)c3ccccc3N2)c(O)c2ccccc2n1N=Cc1cccs1. The maximum Gasteiger partial charge on any atom is 0.286 e. The predicted molar refractivity (Wildman–Crippen MR) is 125 cm³/mol. The molecule has 3 heterocycles. The first-order chi connectivity index (χ1) is 15.0. The highest BCUT2D eigenvalue weighted by Crippen LogP contribution is 2.55. The molecule has 8 nitrogen and oxygen atoms in total. The zero-order chi connectivity index (χ0) is 21.6. The normalized spacial score (nSPS) is 16.0. The van der Waals surface area contributed by atoms with Gasteiger partial charge in [0.25, 0.3) is 5.56 Å². The van der Waals surface area contributed by atoms with Crippen LogP contribution in [0.5, 0.6) is 5.75 Å². The van der Waals surface area contributed by atoms with Crippen molar-refractivity contribution in [1.29, 1.82) is 0 Å². The maximum atomic E-state index is 13.4. The van der Waals surface area contributed by atoms with Crippen molar-refractivity contribution in [3.05, 3.63) is 86.8 Å². The molecule has 0 amide bonds.